The molecule has 20 heavy (non-hydrogen) atoms. The van der Waals surface area contributed by atoms with Gasteiger partial charge in [-0.2, -0.15) is 14.0 Å². The van der Waals surface area contributed by atoms with Gasteiger partial charge >= 0.3 is 0 Å². The van der Waals surface area contributed by atoms with Gasteiger partial charge in [0.1, 0.15) is 17.1 Å². The van der Waals surface area contributed by atoms with Crippen LogP contribution in [0.5, 0.6) is 0 Å². The van der Waals surface area contributed by atoms with Crippen molar-refractivity contribution < 1.29 is 17.7 Å². The van der Waals surface area contributed by atoms with Crippen molar-refractivity contribution >= 4 is 11.4 Å². The Bertz CT molecular complexity index is 523. The molecule has 0 saturated heterocycles. The number of nitrogens with one attached hydrogen (secondary N) is 1. The first-order valence-corrected chi connectivity index (χ1v) is 6.96. The zero-order chi connectivity index (χ0) is 15.6. The summed E-state index contributed by atoms with van der Waals surface area (Å²) in [5, 5.41) is 8.66. The fourth-order valence-corrected chi connectivity index (χ4v) is 2.09. The number of halogens is 3. The van der Waals surface area contributed by atoms with Gasteiger partial charge in [-0.3, -0.25) is 0 Å². The number of benzene rings is 1. The van der Waals surface area contributed by atoms with Crippen LogP contribution >= 0.6 is 0 Å². The van der Waals surface area contributed by atoms with Gasteiger partial charge in [0.15, 0.2) is 0 Å². The SMILES string of the molecule is CC(C)(C)[S+]([O-])NCC(F)(F)c1cc(C#N)ccc1F. The second kappa shape index (κ2) is 6.04. The zero-order valence-corrected chi connectivity index (χ0v) is 12.2. The van der Waals surface area contributed by atoms with E-state index < -0.39 is 40.0 Å². The van der Waals surface area contributed by atoms with Gasteiger partial charge < -0.3 is 4.55 Å². The number of nitrogens with zero attached hydrogens (tertiary/aromatic N) is 1. The van der Waals surface area contributed by atoms with E-state index in [-0.39, 0.29) is 5.56 Å². The molecule has 110 valence electrons. The van der Waals surface area contributed by atoms with Crippen molar-refractivity contribution in [3.05, 3.63) is 35.1 Å². The van der Waals surface area contributed by atoms with Crippen LogP contribution in [0.25, 0.3) is 0 Å². The topological polar surface area (TPSA) is 58.9 Å². The Labute approximate surface area is 119 Å². The van der Waals surface area contributed by atoms with E-state index in [1.54, 1.807) is 26.8 Å². The fraction of sp³-hybridized carbons (Fsp3) is 0.462. The van der Waals surface area contributed by atoms with Crippen molar-refractivity contribution in [2.75, 3.05) is 6.54 Å². The molecule has 1 N–H and O–H groups in total. The summed E-state index contributed by atoms with van der Waals surface area (Å²) in [5.74, 6) is -4.66. The van der Waals surface area contributed by atoms with Crippen molar-refractivity contribution in [3.8, 4) is 6.07 Å². The Hall–Kier alpha value is -1.23. The predicted octanol–water partition coefficient (Wildman–Crippen LogP) is 2.84. The third kappa shape index (κ3) is 4.13. The molecular weight excluding hydrogens is 289 g/mol. The maximum atomic E-state index is 13.9. The molecule has 0 saturated carbocycles. The van der Waals surface area contributed by atoms with E-state index in [4.69, 9.17) is 5.26 Å². The van der Waals surface area contributed by atoms with Crippen molar-refractivity contribution in [1.82, 2.24) is 4.72 Å². The average molecular weight is 304 g/mol. The molecule has 0 radical (unpaired) electrons. The Morgan fingerprint density at radius 2 is 1.95 bits per heavy atom. The Morgan fingerprint density at radius 3 is 2.45 bits per heavy atom. The molecule has 1 rings (SSSR count). The molecule has 1 atom stereocenters. The molecule has 0 spiro atoms. The summed E-state index contributed by atoms with van der Waals surface area (Å²) >= 11 is -1.69. The molecule has 0 amide bonds. The number of alkyl halides is 2. The normalized spacial score (nSPS) is 13.9. The van der Waals surface area contributed by atoms with Crippen LogP contribution in [-0.4, -0.2) is 15.8 Å². The molecule has 0 aliphatic rings. The van der Waals surface area contributed by atoms with Crippen molar-refractivity contribution in [2.24, 2.45) is 0 Å². The quantitative estimate of drug-likeness (QED) is 0.870. The summed E-state index contributed by atoms with van der Waals surface area (Å²) in [6, 6.07) is 4.42. The highest BCUT2D eigenvalue weighted by molar-refractivity contribution is 7.90. The first kappa shape index (κ1) is 16.8. The van der Waals surface area contributed by atoms with E-state index in [2.05, 4.69) is 4.72 Å². The summed E-state index contributed by atoms with van der Waals surface area (Å²) in [6.45, 7) is 3.92. The van der Waals surface area contributed by atoms with Crippen LogP contribution in [0.4, 0.5) is 13.2 Å². The highest BCUT2D eigenvalue weighted by atomic mass is 32.2. The van der Waals surface area contributed by atoms with E-state index in [0.717, 1.165) is 18.2 Å². The van der Waals surface area contributed by atoms with E-state index in [1.807, 2.05) is 0 Å². The van der Waals surface area contributed by atoms with Gasteiger partial charge in [-0.25, -0.2) is 4.39 Å². The second-order valence-corrected chi connectivity index (χ2v) is 7.26. The minimum Gasteiger partial charge on any atom is -0.598 e. The lowest BCUT2D eigenvalue weighted by Crippen LogP contribution is -2.44. The zero-order valence-electron chi connectivity index (χ0n) is 11.3. The Morgan fingerprint density at radius 1 is 1.35 bits per heavy atom. The third-order valence-electron chi connectivity index (χ3n) is 2.47. The number of rotatable bonds is 4. The molecule has 0 bridgehead atoms. The molecule has 0 aliphatic heterocycles. The van der Waals surface area contributed by atoms with Crippen LogP contribution in [0.1, 0.15) is 31.9 Å². The first-order valence-electron chi connectivity index (χ1n) is 5.81. The second-order valence-electron chi connectivity index (χ2n) is 5.21. The van der Waals surface area contributed by atoms with Crippen LogP contribution in [0.2, 0.25) is 0 Å². The summed E-state index contributed by atoms with van der Waals surface area (Å²) in [4.78, 5) is 0. The third-order valence-corrected chi connectivity index (χ3v) is 3.99. The molecule has 0 fully saturated rings. The summed E-state index contributed by atoms with van der Waals surface area (Å²) in [7, 11) is 0. The maximum absolute atomic E-state index is 13.9. The van der Waals surface area contributed by atoms with E-state index in [9.17, 15) is 17.7 Å². The van der Waals surface area contributed by atoms with Crippen LogP contribution in [0, 0.1) is 17.1 Å². The van der Waals surface area contributed by atoms with Crippen LogP contribution in [0.15, 0.2) is 18.2 Å². The van der Waals surface area contributed by atoms with Crippen LogP contribution in [-0.2, 0) is 17.3 Å². The molecule has 1 aromatic carbocycles. The lowest BCUT2D eigenvalue weighted by Gasteiger charge is -2.26. The van der Waals surface area contributed by atoms with Crippen molar-refractivity contribution in [2.45, 2.75) is 31.4 Å². The Balaban J connectivity index is 2.92. The molecule has 7 heteroatoms. The van der Waals surface area contributed by atoms with Gasteiger partial charge in [0.05, 0.1) is 17.2 Å². The molecule has 3 nitrogen and oxygen atoms in total. The molecule has 0 aromatic heterocycles. The van der Waals surface area contributed by atoms with Gasteiger partial charge in [-0.05, 0) is 39.0 Å². The van der Waals surface area contributed by atoms with E-state index in [1.165, 1.54) is 0 Å². The predicted molar refractivity (Wildman–Crippen MR) is 70.9 cm³/mol. The van der Waals surface area contributed by atoms with Gasteiger partial charge in [-0.1, -0.05) is 0 Å². The number of hydrogen-bond donors (Lipinski definition) is 1. The molecule has 1 aromatic rings. The summed E-state index contributed by atoms with van der Waals surface area (Å²) in [5.41, 5.74) is -0.937. The van der Waals surface area contributed by atoms with E-state index >= 15 is 0 Å². The monoisotopic (exact) mass is 304 g/mol. The fourth-order valence-electron chi connectivity index (χ4n) is 1.34. The number of hydrogen-bond acceptors (Lipinski definition) is 3. The summed E-state index contributed by atoms with van der Waals surface area (Å²) in [6.07, 6.45) is 0. The highest BCUT2D eigenvalue weighted by Gasteiger charge is 2.38. The van der Waals surface area contributed by atoms with Crippen LogP contribution in [0.3, 0.4) is 0 Å². The lowest BCUT2D eigenvalue weighted by atomic mass is 10.1. The molecule has 1 unspecified atom stereocenters. The van der Waals surface area contributed by atoms with Gasteiger partial charge in [0.25, 0.3) is 5.92 Å². The highest BCUT2D eigenvalue weighted by Crippen LogP contribution is 2.30. The number of nitriles is 1. The van der Waals surface area contributed by atoms with Crippen molar-refractivity contribution in [1.29, 1.82) is 5.26 Å². The first-order chi connectivity index (χ1) is 9.08. The maximum Gasteiger partial charge on any atom is 0.292 e. The van der Waals surface area contributed by atoms with Gasteiger partial charge in [0.2, 0.25) is 0 Å². The minimum atomic E-state index is -3.56. The largest absolute Gasteiger partial charge is 0.598 e. The average Bonchev–Trinajstić information content (AvgIpc) is 2.35. The van der Waals surface area contributed by atoms with Gasteiger partial charge in [0, 0.05) is 11.4 Å². The standard InChI is InChI=1S/C13H15F3N2OS/c1-12(2,3)20(19)18-8-13(15,16)10-6-9(7-17)4-5-11(10)14/h4-6,18H,8H2,1-3H3. The van der Waals surface area contributed by atoms with Gasteiger partial charge in [-0.15, -0.1) is 4.72 Å². The van der Waals surface area contributed by atoms with Crippen molar-refractivity contribution in [3.63, 3.8) is 0 Å². The summed E-state index contributed by atoms with van der Waals surface area (Å²) < 4.78 is 54.5. The van der Waals surface area contributed by atoms with E-state index in [0.29, 0.717) is 0 Å². The van der Waals surface area contributed by atoms with Crippen LogP contribution < -0.4 is 4.72 Å². The molecule has 0 heterocycles. The molecule has 0 aliphatic carbocycles. The smallest absolute Gasteiger partial charge is 0.292 e. The lowest BCUT2D eigenvalue weighted by molar-refractivity contribution is -0.00152. The Kier molecular flexibility index (Phi) is 5.08. The minimum absolute atomic E-state index is 0.0574. The molecular formula is C13H15F3N2OS.